The maximum Gasteiger partial charge on any atom is 0.133 e. The Bertz CT molecular complexity index is 412. The van der Waals surface area contributed by atoms with Crippen LogP contribution in [0.25, 0.3) is 0 Å². The quantitative estimate of drug-likeness (QED) is 0.746. The van der Waals surface area contributed by atoms with Gasteiger partial charge >= 0.3 is 0 Å². The summed E-state index contributed by atoms with van der Waals surface area (Å²) in [4.78, 5) is 0. The van der Waals surface area contributed by atoms with E-state index in [0.29, 0.717) is 4.47 Å². The van der Waals surface area contributed by atoms with E-state index in [-0.39, 0.29) is 5.75 Å². The topological polar surface area (TPSA) is 9.23 Å². The van der Waals surface area contributed by atoms with Crippen LogP contribution in [0.15, 0.2) is 28.7 Å². The van der Waals surface area contributed by atoms with Gasteiger partial charge in [-0.3, -0.25) is 0 Å². The Morgan fingerprint density at radius 3 is 2.91 bits per heavy atom. The molecule has 1 rings (SSSR count). The average Bonchev–Trinajstić information content (AvgIpc) is 2.18. The fraction of sp³-hybridized carbons (Fsp3) is 0.333. The summed E-state index contributed by atoms with van der Waals surface area (Å²) in [5.74, 6) is -0.000231. The molecule has 0 spiro atoms. The molecule has 60 valence electrons. The minimum atomic E-state index is -3.10. The molecule has 1 nitrogen and oxygen atoms in total. The van der Waals surface area contributed by atoms with Gasteiger partial charge in [0.15, 0.2) is 0 Å². The molecule has 0 fully saturated rings. The molecule has 0 atom stereocenters. The predicted molar refractivity (Wildman–Crippen MR) is 49.9 cm³/mol. The van der Waals surface area contributed by atoms with Crippen molar-refractivity contribution in [3.05, 3.63) is 28.7 Å². The standard InChI is InChI=1S/C9H11BrO/c1-7(2)11-9-6-4-3-5-8(9)10/h3-7H,1-2H3/i1D3,2D3,7D. The summed E-state index contributed by atoms with van der Waals surface area (Å²) >= 11 is 3.11. The third-order valence-electron chi connectivity index (χ3n) is 1.05. The summed E-state index contributed by atoms with van der Waals surface area (Å²) in [5, 5.41) is 0. The van der Waals surface area contributed by atoms with E-state index in [0.717, 1.165) is 0 Å². The van der Waals surface area contributed by atoms with Gasteiger partial charge in [-0.15, -0.1) is 0 Å². The van der Waals surface area contributed by atoms with Crippen LogP contribution in [-0.2, 0) is 0 Å². The molecule has 0 aliphatic rings. The van der Waals surface area contributed by atoms with Crippen LogP contribution in [0.4, 0.5) is 0 Å². The summed E-state index contributed by atoms with van der Waals surface area (Å²) in [5.41, 5.74) is 0. The zero-order chi connectivity index (χ0) is 14.2. The lowest BCUT2D eigenvalue weighted by Gasteiger charge is -2.10. The second-order valence-corrected chi connectivity index (χ2v) is 2.72. The number of benzene rings is 1. The summed E-state index contributed by atoms with van der Waals surface area (Å²) in [6, 6.07) is 6.17. The lowest BCUT2D eigenvalue weighted by atomic mass is 10.3. The van der Waals surface area contributed by atoms with Crippen molar-refractivity contribution in [2.24, 2.45) is 0 Å². The van der Waals surface area contributed by atoms with Gasteiger partial charge in [0.25, 0.3) is 0 Å². The van der Waals surface area contributed by atoms with Gasteiger partial charge < -0.3 is 4.74 Å². The van der Waals surface area contributed by atoms with E-state index in [2.05, 4.69) is 15.9 Å². The van der Waals surface area contributed by atoms with Crippen molar-refractivity contribution < 1.29 is 14.3 Å². The number of hydrogen-bond donors (Lipinski definition) is 0. The van der Waals surface area contributed by atoms with Crippen molar-refractivity contribution in [2.45, 2.75) is 19.8 Å². The van der Waals surface area contributed by atoms with Gasteiger partial charge in [0.2, 0.25) is 0 Å². The number of ether oxygens (including phenoxy) is 1. The van der Waals surface area contributed by atoms with E-state index < -0.39 is 19.8 Å². The highest BCUT2D eigenvalue weighted by atomic mass is 79.9. The third kappa shape index (κ3) is 2.54. The molecule has 0 aliphatic carbocycles. The lowest BCUT2D eigenvalue weighted by Crippen LogP contribution is -2.05. The zero-order valence-corrected chi connectivity index (χ0v) is 7.18. The second kappa shape index (κ2) is 3.77. The Kier molecular flexibility index (Phi) is 1.06. The molecular weight excluding hydrogens is 204 g/mol. The summed E-state index contributed by atoms with van der Waals surface area (Å²) in [6.07, 6.45) is -3.01. The highest BCUT2D eigenvalue weighted by Gasteiger charge is 1.99. The molecule has 1 aromatic carbocycles. The van der Waals surface area contributed by atoms with E-state index in [1.54, 1.807) is 18.2 Å². The largest absolute Gasteiger partial charge is 0.490 e. The first-order valence-corrected chi connectivity index (χ1v) is 3.72. The normalized spacial score (nSPS) is 22.8. The molecule has 0 saturated heterocycles. The Hall–Kier alpha value is -0.500. The maximum atomic E-state index is 7.69. The monoisotopic (exact) mass is 221 g/mol. The van der Waals surface area contributed by atoms with Gasteiger partial charge in [0, 0.05) is 8.22 Å². The highest BCUT2D eigenvalue weighted by Crippen LogP contribution is 2.24. The first-order valence-electron chi connectivity index (χ1n) is 6.42. The second-order valence-electron chi connectivity index (χ2n) is 1.86. The number of rotatable bonds is 2. The first-order chi connectivity index (χ1) is 7.99. The fourth-order valence-electron chi connectivity index (χ4n) is 0.637. The zero-order valence-electron chi connectivity index (χ0n) is 12.6. The van der Waals surface area contributed by atoms with Crippen molar-refractivity contribution in [2.75, 3.05) is 0 Å². The molecule has 1 aromatic rings. The third-order valence-corrected chi connectivity index (χ3v) is 1.70. The van der Waals surface area contributed by atoms with E-state index in [4.69, 9.17) is 14.3 Å². The minimum absolute atomic E-state index is 0.000231. The van der Waals surface area contributed by atoms with Crippen molar-refractivity contribution >= 4 is 15.9 Å². The molecule has 0 bridgehead atoms. The average molecular weight is 222 g/mol. The van der Waals surface area contributed by atoms with Crippen molar-refractivity contribution in [1.82, 2.24) is 0 Å². The molecule has 0 aromatic heterocycles. The van der Waals surface area contributed by atoms with Gasteiger partial charge in [0.1, 0.15) is 5.75 Å². The van der Waals surface area contributed by atoms with E-state index in [1.807, 2.05) is 0 Å². The summed E-state index contributed by atoms with van der Waals surface area (Å²) in [7, 11) is 0. The van der Waals surface area contributed by atoms with Crippen molar-refractivity contribution in [1.29, 1.82) is 0 Å². The smallest absolute Gasteiger partial charge is 0.133 e. The van der Waals surface area contributed by atoms with Crippen LogP contribution in [0.1, 0.15) is 23.3 Å². The fourth-order valence-corrected chi connectivity index (χ4v) is 1.00. The summed E-state index contributed by atoms with van der Waals surface area (Å²) < 4.78 is 56.3. The van der Waals surface area contributed by atoms with Crippen molar-refractivity contribution in [3.8, 4) is 5.75 Å². The maximum absolute atomic E-state index is 7.69. The number of halogens is 1. The predicted octanol–water partition coefficient (Wildman–Crippen LogP) is 3.24. The van der Waals surface area contributed by atoms with Gasteiger partial charge in [-0.25, -0.2) is 0 Å². The Labute approximate surface area is 85.3 Å². The Morgan fingerprint density at radius 1 is 1.55 bits per heavy atom. The van der Waals surface area contributed by atoms with Crippen LogP contribution in [0.2, 0.25) is 0 Å². The van der Waals surface area contributed by atoms with Crippen LogP contribution in [0, 0.1) is 0 Å². The van der Waals surface area contributed by atoms with Crippen molar-refractivity contribution in [3.63, 3.8) is 0 Å². The molecule has 0 aliphatic heterocycles. The Morgan fingerprint density at radius 2 is 2.27 bits per heavy atom. The van der Waals surface area contributed by atoms with E-state index in [9.17, 15) is 0 Å². The molecule has 0 heterocycles. The van der Waals surface area contributed by atoms with E-state index in [1.165, 1.54) is 6.07 Å². The van der Waals surface area contributed by atoms with Crippen LogP contribution < -0.4 is 4.74 Å². The van der Waals surface area contributed by atoms with E-state index >= 15 is 0 Å². The van der Waals surface area contributed by atoms with Crippen LogP contribution in [-0.4, -0.2) is 6.08 Å². The molecule has 0 saturated carbocycles. The molecule has 0 unspecified atom stereocenters. The molecule has 0 radical (unpaired) electrons. The number of hydrogen-bond acceptors (Lipinski definition) is 1. The van der Waals surface area contributed by atoms with Gasteiger partial charge in [-0.2, -0.15) is 0 Å². The van der Waals surface area contributed by atoms with Gasteiger partial charge in [-0.05, 0) is 41.8 Å². The van der Waals surface area contributed by atoms with Crippen LogP contribution in [0.3, 0.4) is 0 Å². The minimum Gasteiger partial charge on any atom is -0.490 e. The van der Waals surface area contributed by atoms with Crippen LogP contribution >= 0.6 is 15.9 Å². The van der Waals surface area contributed by atoms with Crippen LogP contribution in [0.5, 0.6) is 5.75 Å². The molecule has 0 amide bonds. The molecular formula is C9H11BrO. The molecule has 11 heavy (non-hydrogen) atoms. The lowest BCUT2D eigenvalue weighted by molar-refractivity contribution is 0.241. The first kappa shape index (κ1) is 3.09. The SMILES string of the molecule is [2H]C([2H])([2H])C([2H])(Oc1ccccc1Br)C([2H])([2H])[2H]. The Balaban J connectivity index is 3.21. The highest BCUT2D eigenvalue weighted by molar-refractivity contribution is 9.10. The number of para-hydroxylation sites is 1. The molecule has 0 N–H and O–H groups in total. The summed E-state index contributed by atoms with van der Waals surface area (Å²) in [6.45, 7) is -6.21. The molecule has 2 heteroatoms. The van der Waals surface area contributed by atoms with Gasteiger partial charge in [0.05, 0.1) is 11.9 Å². The van der Waals surface area contributed by atoms with Gasteiger partial charge in [-0.1, -0.05) is 12.1 Å².